The number of benzene rings is 3. The normalized spacial score (nSPS) is 17.7. The topological polar surface area (TPSA) is 46.5 Å². The van der Waals surface area contributed by atoms with Gasteiger partial charge in [0.25, 0.3) is 0 Å². The third-order valence-corrected chi connectivity index (χ3v) is 3.62. The molecule has 0 spiro atoms. The Morgan fingerprint density at radius 1 is 0.895 bits per heavy atom. The number of carbonyl (C=O) groups excluding carboxylic acids is 1. The number of cyclic esters (lactones) is 1. The average Bonchev–Trinajstić information content (AvgIpc) is 2.55. The number of ether oxygens (including phenoxy) is 1. The van der Waals surface area contributed by atoms with Crippen molar-refractivity contribution in [3.63, 3.8) is 0 Å². The first kappa shape index (κ1) is 10.5. The van der Waals surface area contributed by atoms with Gasteiger partial charge in [0, 0.05) is 10.9 Å². The van der Waals surface area contributed by atoms with Crippen molar-refractivity contribution in [2.75, 3.05) is 0 Å². The van der Waals surface area contributed by atoms with Gasteiger partial charge in [0.1, 0.15) is 0 Å². The van der Waals surface area contributed by atoms with Crippen LogP contribution in [0.5, 0.6) is 0 Å². The van der Waals surface area contributed by atoms with Crippen molar-refractivity contribution >= 4 is 27.5 Å². The Morgan fingerprint density at radius 2 is 1.58 bits per heavy atom. The summed E-state index contributed by atoms with van der Waals surface area (Å²) in [7, 11) is 0. The summed E-state index contributed by atoms with van der Waals surface area (Å²) in [5, 5.41) is 13.8. The molecule has 0 radical (unpaired) electrons. The minimum Gasteiger partial charge on any atom is -0.428 e. The molecule has 0 aliphatic carbocycles. The van der Waals surface area contributed by atoms with E-state index in [9.17, 15) is 9.90 Å². The molecule has 0 fully saturated rings. The molecule has 0 saturated heterocycles. The number of hydrogen-bond acceptors (Lipinski definition) is 3. The lowest BCUT2D eigenvalue weighted by Gasteiger charge is -2.11. The molecule has 1 aliphatic heterocycles. The predicted molar refractivity (Wildman–Crippen MR) is 71.8 cm³/mol. The molecule has 0 unspecified atom stereocenters. The molecule has 3 aromatic carbocycles. The van der Waals surface area contributed by atoms with E-state index in [-0.39, 0.29) is 0 Å². The number of carbonyl (C=O) groups is 1. The highest BCUT2D eigenvalue weighted by Gasteiger charge is 2.25. The molecule has 0 bridgehead atoms. The van der Waals surface area contributed by atoms with Crippen molar-refractivity contribution in [2.24, 2.45) is 0 Å². The second-order valence-corrected chi connectivity index (χ2v) is 4.67. The Hall–Kier alpha value is -2.39. The highest BCUT2D eigenvalue weighted by atomic mass is 16.6. The van der Waals surface area contributed by atoms with Crippen LogP contribution in [0.2, 0.25) is 0 Å². The smallest absolute Gasteiger partial charge is 0.341 e. The van der Waals surface area contributed by atoms with Crippen LogP contribution in [-0.4, -0.2) is 11.1 Å². The van der Waals surface area contributed by atoms with Gasteiger partial charge in [-0.1, -0.05) is 42.5 Å². The molecule has 1 aliphatic rings. The summed E-state index contributed by atoms with van der Waals surface area (Å²) in [5.41, 5.74) is 1.15. The minimum absolute atomic E-state index is 0.484. The van der Waals surface area contributed by atoms with Crippen LogP contribution in [0.4, 0.5) is 0 Å². The van der Waals surface area contributed by atoms with Crippen molar-refractivity contribution in [1.82, 2.24) is 0 Å². The lowest BCUT2D eigenvalue weighted by Crippen LogP contribution is -2.08. The summed E-state index contributed by atoms with van der Waals surface area (Å²) in [6.07, 6.45) is -1.21. The zero-order chi connectivity index (χ0) is 13.0. The maximum absolute atomic E-state index is 12.1. The average molecular weight is 250 g/mol. The molecule has 92 valence electrons. The summed E-state index contributed by atoms with van der Waals surface area (Å²) in [6.45, 7) is 0. The van der Waals surface area contributed by atoms with Crippen molar-refractivity contribution in [2.45, 2.75) is 6.29 Å². The van der Waals surface area contributed by atoms with Gasteiger partial charge in [-0.05, 0) is 22.2 Å². The molecule has 1 atom stereocenters. The van der Waals surface area contributed by atoms with Crippen LogP contribution in [0.1, 0.15) is 22.2 Å². The van der Waals surface area contributed by atoms with Gasteiger partial charge in [0.05, 0.1) is 5.56 Å². The molecule has 1 N–H and O–H groups in total. The Kier molecular flexibility index (Phi) is 1.97. The van der Waals surface area contributed by atoms with E-state index in [2.05, 4.69) is 0 Å². The quantitative estimate of drug-likeness (QED) is 0.492. The second kappa shape index (κ2) is 3.56. The van der Waals surface area contributed by atoms with E-state index in [1.807, 2.05) is 36.4 Å². The van der Waals surface area contributed by atoms with Gasteiger partial charge in [0.2, 0.25) is 6.29 Å². The fourth-order valence-corrected chi connectivity index (χ4v) is 2.79. The van der Waals surface area contributed by atoms with Gasteiger partial charge < -0.3 is 9.84 Å². The standard InChI is InChI=1S/C16H10O3/c17-15-11-5-1-3-9-7-8-10-4-2-6-12(16(18)19-15)14(10)13(9)11/h1-8,15,17H/t15-/m0/s1. The highest BCUT2D eigenvalue weighted by Crippen LogP contribution is 2.37. The number of hydrogen-bond donors (Lipinski definition) is 1. The lowest BCUT2D eigenvalue weighted by molar-refractivity contribution is -0.0656. The van der Waals surface area contributed by atoms with Crippen molar-refractivity contribution in [1.29, 1.82) is 0 Å². The van der Waals surface area contributed by atoms with Crippen LogP contribution in [0, 0.1) is 0 Å². The second-order valence-electron chi connectivity index (χ2n) is 4.67. The summed E-state index contributed by atoms with van der Waals surface area (Å²) in [5.74, 6) is -0.484. The van der Waals surface area contributed by atoms with E-state index in [0.29, 0.717) is 11.1 Å². The fourth-order valence-electron chi connectivity index (χ4n) is 2.79. The Bertz CT molecular complexity index is 836. The molecule has 3 heteroatoms. The van der Waals surface area contributed by atoms with Crippen LogP contribution in [0.25, 0.3) is 21.5 Å². The van der Waals surface area contributed by atoms with Gasteiger partial charge in [-0.2, -0.15) is 0 Å². The van der Waals surface area contributed by atoms with E-state index in [1.165, 1.54) is 0 Å². The van der Waals surface area contributed by atoms with Crippen LogP contribution >= 0.6 is 0 Å². The van der Waals surface area contributed by atoms with Crippen molar-refractivity contribution in [3.8, 4) is 0 Å². The van der Waals surface area contributed by atoms with Crippen LogP contribution < -0.4 is 0 Å². The largest absolute Gasteiger partial charge is 0.428 e. The first-order chi connectivity index (χ1) is 9.25. The third kappa shape index (κ3) is 1.33. The molecule has 19 heavy (non-hydrogen) atoms. The first-order valence-electron chi connectivity index (χ1n) is 6.09. The fraction of sp³-hybridized carbons (Fsp3) is 0.0625. The van der Waals surface area contributed by atoms with Gasteiger partial charge in [-0.3, -0.25) is 0 Å². The summed E-state index contributed by atoms with van der Waals surface area (Å²) in [6, 6.07) is 15.1. The molecule has 0 amide bonds. The Labute approximate surface area is 109 Å². The summed E-state index contributed by atoms with van der Waals surface area (Å²) in [4.78, 5) is 12.1. The van der Waals surface area contributed by atoms with Crippen LogP contribution in [0.15, 0.2) is 48.5 Å². The van der Waals surface area contributed by atoms with Gasteiger partial charge in [-0.15, -0.1) is 0 Å². The van der Waals surface area contributed by atoms with Gasteiger partial charge in [-0.25, -0.2) is 4.79 Å². The van der Waals surface area contributed by atoms with E-state index in [1.54, 1.807) is 12.1 Å². The molecule has 3 aromatic rings. The maximum atomic E-state index is 12.1. The monoisotopic (exact) mass is 250 g/mol. The number of aliphatic hydroxyl groups excluding tert-OH is 1. The molecule has 0 saturated carbocycles. The molecular formula is C16H10O3. The summed E-state index contributed by atoms with van der Waals surface area (Å²) < 4.78 is 5.09. The first-order valence-corrected chi connectivity index (χ1v) is 6.09. The molecular weight excluding hydrogens is 240 g/mol. The van der Waals surface area contributed by atoms with Crippen molar-refractivity contribution in [3.05, 3.63) is 59.7 Å². The van der Waals surface area contributed by atoms with Crippen LogP contribution in [-0.2, 0) is 4.74 Å². The predicted octanol–water partition coefficient (Wildman–Crippen LogP) is 3.15. The van der Waals surface area contributed by atoms with Gasteiger partial charge in [0.15, 0.2) is 0 Å². The lowest BCUT2D eigenvalue weighted by atomic mass is 9.95. The van der Waals surface area contributed by atoms with E-state index < -0.39 is 12.3 Å². The van der Waals surface area contributed by atoms with Gasteiger partial charge >= 0.3 is 5.97 Å². The zero-order valence-electron chi connectivity index (χ0n) is 9.96. The number of aliphatic hydroxyl groups is 1. The molecule has 1 heterocycles. The number of rotatable bonds is 0. The molecule has 3 nitrogen and oxygen atoms in total. The molecule has 0 aromatic heterocycles. The zero-order valence-corrected chi connectivity index (χ0v) is 9.96. The Balaban J connectivity index is 2.35. The molecule has 4 rings (SSSR count). The third-order valence-electron chi connectivity index (χ3n) is 3.62. The van der Waals surface area contributed by atoms with Crippen molar-refractivity contribution < 1.29 is 14.6 Å². The van der Waals surface area contributed by atoms with E-state index in [4.69, 9.17) is 4.74 Å². The van der Waals surface area contributed by atoms with E-state index >= 15 is 0 Å². The highest BCUT2D eigenvalue weighted by molar-refractivity contribution is 6.18. The Morgan fingerprint density at radius 3 is 2.37 bits per heavy atom. The van der Waals surface area contributed by atoms with E-state index in [0.717, 1.165) is 21.5 Å². The SMILES string of the molecule is O=C1O[C@H](O)c2cccc3ccc4cccc1c4c23. The maximum Gasteiger partial charge on any atom is 0.341 e. The minimum atomic E-state index is -1.21. The number of esters is 1. The summed E-state index contributed by atoms with van der Waals surface area (Å²) >= 11 is 0. The van der Waals surface area contributed by atoms with Crippen LogP contribution in [0.3, 0.4) is 0 Å².